The van der Waals surface area contributed by atoms with Gasteiger partial charge in [-0.3, -0.25) is 4.79 Å². The summed E-state index contributed by atoms with van der Waals surface area (Å²) in [5.74, 6) is 2.86. The van der Waals surface area contributed by atoms with Crippen LogP contribution < -0.4 is 11.1 Å². The van der Waals surface area contributed by atoms with Gasteiger partial charge in [0.1, 0.15) is 5.54 Å². The van der Waals surface area contributed by atoms with E-state index in [4.69, 9.17) is 5.73 Å². The second-order valence-corrected chi connectivity index (χ2v) is 6.08. The van der Waals surface area contributed by atoms with Crippen molar-refractivity contribution in [3.05, 3.63) is 0 Å². The number of thioether (sulfide) groups is 1. The standard InChI is InChI=1S/C12H24N2OS/c1-4-14-12(11(13)15,10-5-6-10)8-16-7-9(2)3/h9-10,14H,4-8H2,1-3H3,(H2,13,15). The van der Waals surface area contributed by atoms with Gasteiger partial charge in [0.2, 0.25) is 5.91 Å². The number of carbonyl (C=O) groups is 1. The highest BCUT2D eigenvalue weighted by molar-refractivity contribution is 7.99. The second-order valence-electron chi connectivity index (χ2n) is 5.05. The molecule has 16 heavy (non-hydrogen) atoms. The van der Waals surface area contributed by atoms with E-state index in [2.05, 4.69) is 19.2 Å². The molecular formula is C12H24N2OS. The monoisotopic (exact) mass is 244 g/mol. The molecule has 0 aromatic heterocycles. The molecule has 3 nitrogen and oxygen atoms in total. The number of likely N-dealkylation sites (N-methyl/N-ethyl adjacent to an activating group) is 1. The molecule has 1 atom stereocenters. The van der Waals surface area contributed by atoms with Crippen LogP contribution in [0.5, 0.6) is 0 Å². The molecule has 1 rings (SSSR count). The lowest BCUT2D eigenvalue weighted by Gasteiger charge is -2.31. The molecule has 3 N–H and O–H groups in total. The third-order valence-corrected chi connectivity index (χ3v) is 4.55. The van der Waals surface area contributed by atoms with E-state index in [0.29, 0.717) is 11.8 Å². The minimum Gasteiger partial charge on any atom is -0.368 e. The van der Waals surface area contributed by atoms with Crippen LogP contribution in [0.15, 0.2) is 0 Å². The summed E-state index contributed by atoms with van der Waals surface area (Å²) in [6.45, 7) is 7.24. The van der Waals surface area contributed by atoms with Gasteiger partial charge in [0.25, 0.3) is 0 Å². The lowest BCUT2D eigenvalue weighted by atomic mass is 9.94. The summed E-state index contributed by atoms with van der Waals surface area (Å²) in [7, 11) is 0. The Hall–Kier alpha value is -0.220. The van der Waals surface area contributed by atoms with Gasteiger partial charge in [0.05, 0.1) is 0 Å². The van der Waals surface area contributed by atoms with Gasteiger partial charge < -0.3 is 11.1 Å². The average Bonchev–Trinajstić information content (AvgIpc) is 2.98. The van der Waals surface area contributed by atoms with Crippen LogP contribution in [0.2, 0.25) is 0 Å². The maximum atomic E-state index is 11.7. The van der Waals surface area contributed by atoms with Crippen molar-refractivity contribution in [1.29, 1.82) is 0 Å². The normalized spacial score (nSPS) is 19.8. The molecule has 94 valence electrons. The fraction of sp³-hybridized carbons (Fsp3) is 0.917. The number of nitrogens with one attached hydrogen (secondary N) is 1. The Morgan fingerprint density at radius 1 is 1.56 bits per heavy atom. The maximum absolute atomic E-state index is 11.7. The minimum atomic E-state index is -0.450. The van der Waals surface area contributed by atoms with Crippen LogP contribution in [-0.2, 0) is 4.79 Å². The Morgan fingerprint density at radius 2 is 2.19 bits per heavy atom. The molecule has 1 amide bonds. The molecule has 4 heteroatoms. The van der Waals surface area contributed by atoms with Gasteiger partial charge in [-0.2, -0.15) is 11.8 Å². The summed E-state index contributed by atoms with van der Waals surface area (Å²) >= 11 is 1.84. The fourth-order valence-corrected chi connectivity index (χ4v) is 3.41. The van der Waals surface area contributed by atoms with Gasteiger partial charge >= 0.3 is 0 Å². The molecule has 1 saturated carbocycles. The minimum absolute atomic E-state index is 0.173. The number of amides is 1. The van der Waals surface area contributed by atoms with E-state index < -0.39 is 5.54 Å². The second kappa shape index (κ2) is 5.92. The lowest BCUT2D eigenvalue weighted by molar-refractivity contribution is -0.124. The van der Waals surface area contributed by atoms with E-state index in [1.165, 1.54) is 0 Å². The molecule has 1 unspecified atom stereocenters. The van der Waals surface area contributed by atoms with Crippen LogP contribution >= 0.6 is 11.8 Å². The number of hydrogen-bond acceptors (Lipinski definition) is 3. The highest BCUT2D eigenvalue weighted by Crippen LogP contribution is 2.41. The van der Waals surface area contributed by atoms with E-state index in [1.807, 2.05) is 18.7 Å². The molecule has 0 heterocycles. The zero-order valence-corrected chi connectivity index (χ0v) is 11.4. The Morgan fingerprint density at radius 3 is 2.56 bits per heavy atom. The van der Waals surface area contributed by atoms with Crippen LogP contribution in [0.25, 0.3) is 0 Å². The first-order valence-electron chi connectivity index (χ1n) is 6.15. The quantitative estimate of drug-likeness (QED) is 0.682. The van der Waals surface area contributed by atoms with Crippen molar-refractivity contribution in [2.45, 2.75) is 39.2 Å². The van der Waals surface area contributed by atoms with Crippen molar-refractivity contribution >= 4 is 17.7 Å². The number of primary amides is 1. The number of rotatable bonds is 8. The smallest absolute Gasteiger partial charge is 0.238 e. The maximum Gasteiger partial charge on any atom is 0.238 e. The average molecular weight is 244 g/mol. The Balaban J connectivity index is 2.57. The molecule has 0 radical (unpaired) electrons. The lowest BCUT2D eigenvalue weighted by Crippen LogP contribution is -2.59. The molecule has 0 aromatic carbocycles. The fourth-order valence-electron chi connectivity index (χ4n) is 2.02. The van der Waals surface area contributed by atoms with Gasteiger partial charge in [-0.1, -0.05) is 20.8 Å². The summed E-state index contributed by atoms with van der Waals surface area (Å²) in [6, 6.07) is 0. The topological polar surface area (TPSA) is 55.1 Å². The van der Waals surface area contributed by atoms with E-state index in [9.17, 15) is 4.79 Å². The largest absolute Gasteiger partial charge is 0.368 e. The third kappa shape index (κ3) is 3.39. The SMILES string of the molecule is CCNC(CSCC(C)C)(C(N)=O)C1CC1. The molecule has 0 aliphatic heterocycles. The van der Waals surface area contributed by atoms with Crippen LogP contribution in [0.3, 0.4) is 0 Å². The summed E-state index contributed by atoms with van der Waals surface area (Å²) < 4.78 is 0. The molecule has 0 spiro atoms. The Labute approximate surface area is 103 Å². The summed E-state index contributed by atoms with van der Waals surface area (Å²) in [5.41, 5.74) is 5.15. The number of nitrogens with two attached hydrogens (primary N) is 1. The number of carbonyl (C=O) groups excluding carboxylic acids is 1. The molecule has 1 fully saturated rings. The first-order chi connectivity index (χ1) is 7.53. The Bertz CT molecular complexity index is 241. The number of hydrogen-bond donors (Lipinski definition) is 2. The van der Waals surface area contributed by atoms with Crippen molar-refractivity contribution in [1.82, 2.24) is 5.32 Å². The molecular weight excluding hydrogens is 220 g/mol. The van der Waals surface area contributed by atoms with E-state index >= 15 is 0 Å². The van der Waals surface area contributed by atoms with Crippen molar-refractivity contribution in [2.24, 2.45) is 17.6 Å². The van der Waals surface area contributed by atoms with Crippen molar-refractivity contribution < 1.29 is 4.79 Å². The van der Waals surface area contributed by atoms with E-state index in [0.717, 1.165) is 30.9 Å². The van der Waals surface area contributed by atoms with Crippen LogP contribution in [0.1, 0.15) is 33.6 Å². The van der Waals surface area contributed by atoms with E-state index in [-0.39, 0.29) is 5.91 Å². The van der Waals surface area contributed by atoms with Gasteiger partial charge in [0, 0.05) is 5.75 Å². The molecule has 1 aliphatic rings. The first-order valence-corrected chi connectivity index (χ1v) is 7.31. The molecule has 0 aromatic rings. The van der Waals surface area contributed by atoms with Crippen LogP contribution in [0.4, 0.5) is 0 Å². The zero-order valence-electron chi connectivity index (χ0n) is 10.6. The van der Waals surface area contributed by atoms with Gasteiger partial charge in [-0.25, -0.2) is 0 Å². The van der Waals surface area contributed by atoms with Crippen LogP contribution in [0, 0.1) is 11.8 Å². The Kier molecular flexibility index (Phi) is 5.12. The van der Waals surface area contributed by atoms with Gasteiger partial charge in [-0.05, 0) is 37.0 Å². The van der Waals surface area contributed by atoms with Crippen molar-refractivity contribution in [2.75, 3.05) is 18.1 Å². The molecule has 0 saturated heterocycles. The van der Waals surface area contributed by atoms with Gasteiger partial charge in [0.15, 0.2) is 0 Å². The summed E-state index contributed by atoms with van der Waals surface area (Å²) in [6.07, 6.45) is 2.27. The first kappa shape index (κ1) is 13.8. The predicted octanol–water partition coefficient (Wildman–Crippen LogP) is 1.62. The summed E-state index contributed by atoms with van der Waals surface area (Å²) in [5, 5.41) is 3.34. The van der Waals surface area contributed by atoms with E-state index in [1.54, 1.807) is 0 Å². The van der Waals surface area contributed by atoms with Crippen molar-refractivity contribution in [3.63, 3.8) is 0 Å². The molecule has 0 bridgehead atoms. The van der Waals surface area contributed by atoms with Crippen molar-refractivity contribution in [3.8, 4) is 0 Å². The third-order valence-electron chi connectivity index (χ3n) is 2.99. The zero-order chi connectivity index (χ0) is 12.2. The van der Waals surface area contributed by atoms with Gasteiger partial charge in [-0.15, -0.1) is 0 Å². The highest BCUT2D eigenvalue weighted by Gasteiger charge is 2.49. The summed E-state index contributed by atoms with van der Waals surface area (Å²) in [4.78, 5) is 11.7. The predicted molar refractivity (Wildman–Crippen MR) is 70.5 cm³/mol. The van der Waals surface area contributed by atoms with Crippen LogP contribution in [-0.4, -0.2) is 29.5 Å². The highest BCUT2D eigenvalue weighted by atomic mass is 32.2. The molecule has 1 aliphatic carbocycles.